The summed E-state index contributed by atoms with van der Waals surface area (Å²) in [6.07, 6.45) is 1.03. The monoisotopic (exact) mass is 248 g/mol. The maximum atomic E-state index is 4.55. The third-order valence-electron chi connectivity index (χ3n) is 4.81. The first-order chi connectivity index (χ1) is 8.69. The third-order valence-corrected chi connectivity index (χ3v) is 4.81. The molecule has 3 unspecified atom stereocenters. The van der Waals surface area contributed by atoms with Crippen molar-refractivity contribution in [3.63, 3.8) is 0 Å². The minimum atomic E-state index is 0.699. The number of rotatable bonds is 3. The van der Waals surface area contributed by atoms with Crippen LogP contribution >= 0.6 is 0 Å². The summed E-state index contributed by atoms with van der Waals surface area (Å²) >= 11 is 0. The molecule has 3 heterocycles. The molecule has 0 saturated carbocycles. The van der Waals surface area contributed by atoms with Gasteiger partial charge in [0.05, 0.1) is 11.4 Å². The highest BCUT2D eigenvalue weighted by molar-refractivity contribution is 5.11. The molecule has 0 bridgehead atoms. The summed E-state index contributed by atoms with van der Waals surface area (Å²) in [6.45, 7) is 9.25. The molecule has 3 rings (SSSR count). The Labute approximate surface area is 109 Å². The van der Waals surface area contributed by atoms with Crippen molar-refractivity contribution in [3.05, 3.63) is 17.5 Å². The largest absolute Gasteiger partial charge is 0.316 e. The SMILES string of the molecule is CCc1cc(CN2CC3CNCC3C2C)n(C)n1. The van der Waals surface area contributed by atoms with Crippen LogP contribution in [0.4, 0.5) is 0 Å². The molecule has 2 aliphatic heterocycles. The van der Waals surface area contributed by atoms with Gasteiger partial charge in [0, 0.05) is 26.2 Å². The molecule has 1 aromatic rings. The maximum absolute atomic E-state index is 4.55. The Kier molecular flexibility index (Phi) is 3.16. The molecule has 0 radical (unpaired) electrons. The molecule has 2 saturated heterocycles. The Balaban J connectivity index is 1.71. The fourth-order valence-electron chi connectivity index (χ4n) is 3.56. The molecule has 0 spiro atoms. The normalized spacial score (nSPS) is 32.1. The van der Waals surface area contributed by atoms with Gasteiger partial charge in [0.2, 0.25) is 0 Å². The second-order valence-corrected chi connectivity index (χ2v) is 5.86. The number of hydrogen-bond acceptors (Lipinski definition) is 3. The lowest BCUT2D eigenvalue weighted by Gasteiger charge is -2.24. The highest BCUT2D eigenvalue weighted by atomic mass is 15.3. The van der Waals surface area contributed by atoms with Crippen LogP contribution in [0.1, 0.15) is 25.2 Å². The van der Waals surface area contributed by atoms with E-state index in [1.165, 1.54) is 31.0 Å². The van der Waals surface area contributed by atoms with E-state index in [1.807, 2.05) is 0 Å². The molecular formula is C14H24N4. The maximum Gasteiger partial charge on any atom is 0.0625 e. The minimum Gasteiger partial charge on any atom is -0.316 e. The molecule has 1 aromatic heterocycles. The van der Waals surface area contributed by atoms with Gasteiger partial charge in [-0.25, -0.2) is 0 Å². The fourth-order valence-corrected chi connectivity index (χ4v) is 3.56. The molecule has 0 aliphatic carbocycles. The zero-order valence-electron chi connectivity index (χ0n) is 11.7. The summed E-state index contributed by atoms with van der Waals surface area (Å²) in [5.41, 5.74) is 2.56. The number of nitrogens with one attached hydrogen (secondary N) is 1. The predicted octanol–water partition coefficient (Wildman–Crippen LogP) is 1.02. The molecular weight excluding hydrogens is 224 g/mol. The quantitative estimate of drug-likeness (QED) is 0.867. The van der Waals surface area contributed by atoms with Crippen molar-refractivity contribution in [2.45, 2.75) is 32.9 Å². The van der Waals surface area contributed by atoms with Crippen LogP contribution in [0.25, 0.3) is 0 Å². The summed E-state index contributed by atoms with van der Waals surface area (Å²) in [5.74, 6) is 1.71. The average molecular weight is 248 g/mol. The summed E-state index contributed by atoms with van der Waals surface area (Å²) in [5, 5.41) is 8.07. The average Bonchev–Trinajstić information content (AvgIpc) is 3.00. The lowest BCUT2D eigenvalue weighted by molar-refractivity contribution is 0.226. The first-order valence-electron chi connectivity index (χ1n) is 7.15. The first kappa shape index (κ1) is 12.2. The Morgan fingerprint density at radius 2 is 2.28 bits per heavy atom. The standard InChI is InChI=1S/C14H24N4/c1-4-12-5-13(17(3)16-12)9-18-8-11-6-15-7-14(11)10(18)2/h5,10-11,14-15H,4,6-9H2,1-3H3. The van der Waals surface area contributed by atoms with Gasteiger partial charge in [0.15, 0.2) is 0 Å². The lowest BCUT2D eigenvalue weighted by Crippen LogP contribution is -2.33. The Bertz CT molecular complexity index is 425. The number of hydrogen-bond donors (Lipinski definition) is 1. The second-order valence-electron chi connectivity index (χ2n) is 5.86. The lowest BCUT2D eigenvalue weighted by atomic mass is 9.95. The van der Waals surface area contributed by atoms with Gasteiger partial charge in [-0.1, -0.05) is 6.92 Å². The van der Waals surface area contributed by atoms with Crippen LogP contribution in [-0.2, 0) is 20.0 Å². The first-order valence-corrected chi connectivity index (χ1v) is 7.15. The van der Waals surface area contributed by atoms with Crippen LogP contribution in [0.15, 0.2) is 6.07 Å². The number of aryl methyl sites for hydroxylation is 2. The van der Waals surface area contributed by atoms with Crippen LogP contribution in [0.3, 0.4) is 0 Å². The van der Waals surface area contributed by atoms with Crippen molar-refractivity contribution in [2.24, 2.45) is 18.9 Å². The van der Waals surface area contributed by atoms with E-state index in [4.69, 9.17) is 0 Å². The number of fused-ring (bicyclic) bond motifs is 1. The van der Waals surface area contributed by atoms with E-state index in [-0.39, 0.29) is 0 Å². The van der Waals surface area contributed by atoms with Crippen molar-refractivity contribution in [2.75, 3.05) is 19.6 Å². The van der Waals surface area contributed by atoms with E-state index in [0.717, 1.165) is 24.8 Å². The second kappa shape index (κ2) is 4.67. The number of likely N-dealkylation sites (tertiary alicyclic amines) is 1. The van der Waals surface area contributed by atoms with Crippen LogP contribution in [0, 0.1) is 11.8 Å². The van der Waals surface area contributed by atoms with Gasteiger partial charge >= 0.3 is 0 Å². The topological polar surface area (TPSA) is 33.1 Å². The molecule has 3 atom stereocenters. The zero-order chi connectivity index (χ0) is 12.7. The van der Waals surface area contributed by atoms with Gasteiger partial charge in [-0.2, -0.15) is 5.10 Å². The van der Waals surface area contributed by atoms with Crippen LogP contribution in [-0.4, -0.2) is 40.4 Å². The molecule has 2 aliphatic rings. The zero-order valence-corrected chi connectivity index (χ0v) is 11.7. The Hall–Kier alpha value is -0.870. The van der Waals surface area contributed by atoms with E-state index in [2.05, 4.69) is 47.0 Å². The predicted molar refractivity (Wildman–Crippen MR) is 72.3 cm³/mol. The highest BCUT2D eigenvalue weighted by Gasteiger charge is 2.41. The minimum absolute atomic E-state index is 0.699. The van der Waals surface area contributed by atoms with E-state index >= 15 is 0 Å². The molecule has 100 valence electrons. The molecule has 2 fully saturated rings. The van der Waals surface area contributed by atoms with Gasteiger partial charge in [-0.15, -0.1) is 0 Å². The summed E-state index contributed by atoms with van der Waals surface area (Å²) in [7, 11) is 2.07. The van der Waals surface area contributed by atoms with Gasteiger partial charge < -0.3 is 5.32 Å². The van der Waals surface area contributed by atoms with E-state index in [0.29, 0.717) is 6.04 Å². The smallest absolute Gasteiger partial charge is 0.0625 e. The summed E-state index contributed by atoms with van der Waals surface area (Å²) < 4.78 is 2.05. The molecule has 4 nitrogen and oxygen atoms in total. The van der Waals surface area contributed by atoms with Crippen molar-refractivity contribution in [1.29, 1.82) is 0 Å². The van der Waals surface area contributed by atoms with Crippen LogP contribution < -0.4 is 5.32 Å². The van der Waals surface area contributed by atoms with Crippen molar-refractivity contribution in [3.8, 4) is 0 Å². The van der Waals surface area contributed by atoms with E-state index in [9.17, 15) is 0 Å². The van der Waals surface area contributed by atoms with Gasteiger partial charge in [-0.05, 0) is 44.3 Å². The van der Waals surface area contributed by atoms with E-state index < -0.39 is 0 Å². The van der Waals surface area contributed by atoms with Gasteiger partial charge in [-0.3, -0.25) is 9.58 Å². The van der Waals surface area contributed by atoms with Gasteiger partial charge in [0.25, 0.3) is 0 Å². The number of nitrogens with zero attached hydrogens (tertiary/aromatic N) is 3. The van der Waals surface area contributed by atoms with Crippen LogP contribution in [0.2, 0.25) is 0 Å². The van der Waals surface area contributed by atoms with Gasteiger partial charge in [0.1, 0.15) is 0 Å². The summed E-state index contributed by atoms with van der Waals surface area (Å²) in [6, 6.07) is 2.96. The molecule has 4 heteroatoms. The number of aromatic nitrogens is 2. The Morgan fingerprint density at radius 1 is 1.44 bits per heavy atom. The Morgan fingerprint density at radius 3 is 2.94 bits per heavy atom. The summed E-state index contributed by atoms with van der Waals surface area (Å²) in [4.78, 5) is 2.63. The molecule has 0 amide bonds. The molecule has 18 heavy (non-hydrogen) atoms. The van der Waals surface area contributed by atoms with Crippen molar-refractivity contribution < 1.29 is 0 Å². The van der Waals surface area contributed by atoms with Crippen molar-refractivity contribution in [1.82, 2.24) is 20.0 Å². The molecule has 1 N–H and O–H groups in total. The highest BCUT2D eigenvalue weighted by Crippen LogP contribution is 2.33. The van der Waals surface area contributed by atoms with Crippen molar-refractivity contribution >= 4 is 0 Å². The van der Waals surface area contributed by atoms with E-state index in [1.54, 1.807) is 0 Å². The fraction of sp³-hybridized carbons (Fsp3) is 0.786. The molecule has 0 aromatic carbocycles. The van der Waals surface area contributed by atoms with Crippen LogP contribution in [0.5, 0.6) is 0 Å². The third kappa shape index (κ3) is 1.97.